The van der Waals surface area contributed by atoms with Crippen LogP contribution in [0, 0.1) is 13.8 Å². The highest BCUT2D eigenvalue weighted by molar-refractivity contribution is 8.32. The van der Waals surface area contributed by atoms with E-state index in [4.69, 9.17) is 0 Å². The van der Waals surface area contributed by atoms with Gasteiger partial charge < -0.3 is 9.80 Å². The van der Waals surface area contributed by atoms with Crippen LogP contribution in [0.1, 0.15) is 11.1 Å². The fourth-order valence-corrected chi connectivity index (χ4v) is 11.0. The van der Waals surface area contributed by atoms with Gasteiger partial charge in [0.1, 0.15) is 0 Å². The molecule has 0 saturated carbocycles. The van der Waals surface area contributed by atoms with E-state index in [1.54, 1.807) is 0 Å². The van der Waals surface area contributed by atoms with E-state index in [1.165, 1.54) is 91.6 Å². The summed E-state index contributed by atoms with van der Waals surface area (Å²) in [5.74, 6) is 0. The normalized spacial score (nSPS) is 14.5. The first-order valence-corrected chi connectivity index (χ1v) is 23.8. The summed E-state index contributed by atoms with van der Waals surface area (Å²) >= 11 is 1.92. The van der Waals surface area contributed by atoms with E-state index in [9.17, 15) is 0 Å². The second kappa shape index (κ2) is 11.2. The molecular weight excluding hydrogens is 664 g/mol. The summed E-state index contributed by atoms with van der Waals surface area (Å²) in [6, 6.07) is 44.7. The average molecular weight is 707 g/mol. The predicted octanol–water partition coefficient (Wildman–Crippen LogP) is 10.9. The van der Waals surface area contributed by atoms with Gasteiger partial charge in [0.25, 0.3) is 6.71 Å². The van der Waals surface area contributed by atoms with Crippen molar-refractivity contribution in [1.82, 2.24) is 0 Å². The number of thiophene rings is 1. The number of anilines is 6. The van der Waals surface area contributed by atoms with Gasteiger partial charge >= 0.3 is 0 Å². The van der Waals surface area contributed by atoms with Crippen molar-refractivity contribution in [2.45, 2.75) is 23.6 Å². The SMILES string of the molecule is Cc1ccc(N2c3cc4c(cc3B3c5cc(S(C)(C)C)ccc5N(c5ccc(S(C)(C)C)cc5)c5cc(C)cc2c53)sc2ccccc24)cc1. The van der Waals surface area contributed by atoms with Crippen molar-refractivity contribution < 1.29 is 0 Å². The second-order valence-corrected chi connectivity index (χ2v) is 24.9. The molecule has 0 amide bonds. The first kappa shape index (κ1) is 31.9. The summed E-state index contributed by atoms with van der Waals surface area (Å²) in [6.07, 6.45) is 14.4. The molecule has 0 atom stereocenters. The Labute approximate surface area is 304 Å². The standard InChI is InChI=1S/C44H43BN2S3/c1-28-13-15-30(16-14-28)47-39-26-35-34-11-9-10-12-42(34)48-43(35)27-37(39)45-36-25-33(50(6,7)8)21-22-38(36)46(40-23-29(2)24-41(47)44(40)45)31-17-19-32(20-18-31)49(3,4)5/h9-27H,1-8H3. The van der Waals surface area contributed by atoms with Gasteiger partial charge in [0.15, 0.2) is 0 Å². The summed E-state index contributed by atoms with van der Waals surface area (Å²) < 4.78 is 2.70. The molecule has 0 bridgehead atoms. The van der Waals surface area contributed by atoms with E-state index < -0.39 is 20.1 Å². The number of fused-ring (bicyclic) bond motifs is 7. The van der Waals surface area contributed by atoms with Gasteiger partial charge in [-0.1, -0.05) is 42.0 Å². The van der Waals surface area contributed by atoms with Crippen LogP contribution in [-0.4, -0.2) is 44.2 Å². The zero-order chi connectivity index (χ0) is 34.7. The highest BCUT2D eigenvalue weighted by atomic mass is 32.3. The molecule has 0 fully saturated rings. The number of aryl methyl sites for hydroxylation is 2. The Morgan fingerprint density at radius 1 is 0.480 bits per heavy atom. The molecule has 0 N–H and O–H groups in total. The van der Waals surface area contributed by atoms with Crippen molar-refractivity contribution in [3.8, 4) is 0 Å². The lowest BCUT2D eigenvalue weighted by Crippen LogP contribution is -2.61. The molecule has 50 heavy (non-hydrogen) atoms. The van der Waals surface area contributed by atoms with Crippen LogP contribution in [0.5, 0.6) is 0 Å². The molecule has 6 aromatic carbocycles. The number of rotatable bonds is 4. The molecule has 0 saturated heterocycles. The molecule has 2 nitrogen and oxygen atoms in total. The van der Waals surface area contributed by atoms with Crippen LogP contribution in [-0.2, 0) is 0 Å². The fraction of sp³-hybridized carbons (Fsp3) is 0.182. The smallest absolute Gasteiger partial charge is 0.252 e. The van der Waals surface area contributed by atoms with Gasteiger partial charge in [0.05, 0.1) is 0 Å². The topological polar surface area (TPSA) is 6.48 Å². The maximum Gasteiger partial charge on any atom is 0.252 e. The summed E-state index contributed by atoms with van der Waals surface area (Å²) in [5, 5.41) is 2.67. The van der Waals surface area contributed by atoms with Gasteiger partial charge in [-0.3, -0.25) is 0 Å². The van der Waals surface area contributed by atoms with E-state index in [2.05, 4.69) is 176 Å². The maximum atomic E-state index is 2.56. The highest BCUT2D eigenvalue weighted by Gasteiger charge is 2.44. The molecule has 0 spiro atoms. The van der Waals surface area contributed by atoms with E-state index in [0.29, 0.717) is 0 Å². The van der Waals surface area contributed by atoms with Crippen LogP contribution in [0.25, 0.3) is 20.2 Å². The number of hydrogen-bond acceptors (Lipinski definition) is 3. The van der Waals surface area contributed by atoms with Crippen LogP contribution in [0.3, 0.4) is 0 Å². The molecule has 250 valence electrons. The summed E-state index contributed by atoms with van der Waals surface area (Å²) in [5.41, 5.74) is 14.3. The van der Waals surface area contributed by atoms with Crippen LogP contribution in [0.15, 0.2) is 125 Å². The van der Waals surface area contributed by atoms with Gasteiger partial charge in [-0.2, -0.15) is 0 Å². The third-order valence-electron chi connectivity index (χ3n) is 10.5. The highest BCUT2D eigenvalue weighted by Crippen LogP contribution is 2.50. The number of hydrogen-bond donors (Lipinski definition) is 0. The van der Waals surface area contributed by atoms with Crippen molar-refractivity contribution in [2.75, 3.05) is 47.3 Å². The molecule has 0 unspecified atom stereocenters. The third-order valence-corrected chi connectivity index (χ3v) is 15.0. The Hall–Kier alpha value is -4.10. The molecule has 9 rings (SSSR count). The quantitative estimate of drug-likeness (QED) is 0.168. The molecule has 7 aromatic rings. The van der Waals surface area contributed by atoms with Crippen LogP contribution < -0.4 is 26.2 Å². The lowest BCUT2D eigenvalue weighted by Gasteiger charge is -2.45. The Morgan fingerprint density at radius 2 is 1.06 bits per heavy atom. The van der Waals surface area contributed by atoms with Crippen LogP contribution in [0.4, 0.5) is 34.1 Å². The zero-order valence-electron chi connectivity index (χ0n) is 30.2. The summed E-state index contributed by atoms with van der Waals surface area (Å²) in [7, 11) is -1.79. The van der Waals surface area contributed by atoms with Gasteiger partial charge in [-0.05, 0) is 162 Å². The fourth-order valence-electron chi connectivity index (χ4n) is 7.97. The predicted molar refractivity (Wildman–Crippen MR) is 230 cm³/mol. The lowest BCUT2D eigenvalue weighted by molar-refractivity contribution is 1.23. The Bertz CT molecular complexity index is 2480. The molecule has 2 aliphatic rings. The van der Waals surface area contributed by atoms with E-state index in [1.807, 2.05) is 11.3 Å². The van der Waals surface area contributed by atoms with Crippen LogP contribution >= 0.6 is 31.4 Å². The minimum Gasteiger partial charge on any atom is -0.311 e. The van der Waals surface area contributed by atoms with E-state index in [0.717, 1.165) is 0 Å². The molecule has 2 aliphatic heterocycles. The Morgan fingerprint density at radius 3 is 1.72 bits per heavy atom. The molecule has 0 aliphatic carbocycles. The lowest BCUT2D eigenvalue weighted by atomic mass is 9.33. The van der Waals surface area contributed by atoms with Crippen LogP contribution in [0.2, 0.25) is 0 Å². The average Bonchev–Trinajstić information content (AvgIpc) is 3.44. The minimum atomic E-state index is -0.960. The largest absolute Gasteiger partial charge is 0.311 e. The Kier molecular flexibility index (Phi) is 7.14. The van der Waals surface area contributed by atoms with Crippen molar-refractivity contribution in [1.29, 1.82) is 0 Å². The van der Waals surface area contributed by atoms with E-state index >= 15 is 0 Å². The first-order valence-electron chi connectivity index (χ1n) is 17.2. The van der Waals surface area contributed by atoms with Gasteiger partial charge in [0, 0.05) is 54.3 Å². The number of nitrogens with zero attached hydrogens (tertiary/aromatic N) is 2. The van der Waals surface area contributed by atoms with Crippen molar-refractivity contribution in [3.05, 3.63) is 126 Å². The molecule has 0 radical (unpaired) electrons. The van der Waals surface area contributed by atoms with E-state index in [-0.39, 0.29) is 6.71 Å². The maximum absolute atomic E-state index is 2.56. The van der Waals surface area contributed by atoms with Gasteiger partial charge in [0.2, 0.25) is 0 Å². The van der Waals surface area contributed by atoms with Crippen molar-refractivity contribution in [3.63, 3.8) is 0 Å². The molecule has 1 aromatic heterocycles. The Balaban J connectivity index is 1.39. The van der Waals surface area contributed by atoms with Gasteiger partial charge in [-0.25, -0.2) is 20.1 Å². The van der Waals surface area contributed by atoms with Gasteiger partial charge in [-0.15, -0.1) is 11.3 Å². The summed E-state index contributed by atoms with van der Waals surface area (Å²) in [4.78, 5) is 7.99. The molecular formula is C44H43BN2S3. The second-order valence-electron chi connectivity index (χ2n) is 15.6. The third kappa shape index (κ3) is 4.94. The van der Waals surface area contributed by atoms with Crippen molar-refractivity contribution in [2.24, 2.45) is 0 Å². The zero-order valence-corrected chi connectivity index (χ0v) is 32.6. The summed E-state index contributed by atoms with van der Waals surface area (Å²) in [6.45, 7) is 4.55. The first-order chi connectivity index (χ1) is 23.9. The molecule has 3 heterocycles. The minimum absolute atomic E-state index is 0.109. The van der Waals surface area contributed by atoms with Crippen molar-refractivity contribution >= 4 is 109 Å². The monoisotopic (exact) mass is 706 g/mol. The molecule has 6 heteroatoms. The number of benzene rings is 6.